The lowest BCUT2D eigenvalue weighted by Crippen LogP contribution is -2.20. The molecule has 0 aliphatic rings. The van der Waals surface area contributed by atoms with Crippen molar-refractivity contribution in [3.63, 3.8) is 0 Å². The smallest absolute Gasteiger partial charge is 0.122 e. The number of hydrogen-bond acceptors (Lipinski definition) is 3. The minimum absolute atomic E-state index is 0.0855. The first-order valence-electron chi connectivity index (χ1n) is 6.07. The van der Waals surface area contributed by atoms with Crippen molar-refractivity contribution in [3.8, 4) is 5.75 Å². The van der Waals surface area contributed by atoms with E-state index in [4.69, 9.17) is 0 Å². The zero-order chi connectivity index (χ0) is 13.1. The molecule has 1 aromatic heterocycles. The average molecular weight is 245 g/mol. The van der Waals surface area contributed by atoms with Gasteiger partial charge in [0.1, 0.15) is 11.6 Å². The maximum absolute atomic E-state index is 9.91. The van der Waals surface area contributed by atoms with Crippen LogP contribution in [0.2, 0.25) is 0 Å². The molecule has 0 fully saturated rings. The van der Waals surface area contributed by atoms with Crippen molar-refractivity contribution in [2.24, 2.45) is 7.05 Å². The van der Waals surface area contributed by atoms with E-state index in [9.17, 15) is 5.11 Å². The third-order valence-electron chi connectivity index (χ3n) is 3.14. The van der Waals surface area contributed by atoms with Gasteiger partial charge in [-0.1, -0.05) is 12.1 Å². The molecule has 2 rings (SSSR count). The number of rotatable bonds is 4. The highest BCUT2D eigenvalue weighted by atomic mass is 16.3. The molecule has 0 aliphatic heterocycles. The summed E-state index contributed by atoms with van der Waals surface area (Å²) < 4.78 is 1.98. The second-order valence-corrected chi connectivity index (χ2v) is 4.62. The number of nitrogens with one attached hydrogen (secondary N) is 1. The average Bonchev–Trinajstić information content (AvgIpc) is 2.72. The van der Waals surface area contributed by atoms with Crippen molar-refractivity contribution in [2.45, 2.75) is 26.4 Å². The van der Waals surface area contributed by atoms with E-state index in [1.165, 1.54) is 0 Å². The summed E-state index contributed by atoms with van der Waals surface area (Å²) in [5.41, 5.74) is 1.97. The zero-order valence-corrected chi connectivity index (χ0v) is 11.0. The summed E-state index contributed by atoms with van der Waals surface area (Å²) in [4.78, 5) is 4.26. The van der Waals surface area contributed by atoms with E-state index in [0.29, 0.717) is 12.3 Å². The fourth-order valence-electron chi connectivity index (χ4n) is 1.94. The third-order valence-corrected chi connectivity index (χ3v) is 3.14. The molecule has 2 N–H and O–H groups in total. The van der Waals surface area contributed by atoms with Crippen LogP contribution < -0.4 is 5.32 Å². The Bertz CT molecular complexity index is 534. The fourth-order valence-corrected chi connectivity index (χ4v) is 1.94. The summed E-state index contributed by atoms with van der Waals surface area (Å²) in [5.74, 6) is 1.32. The van der Waals surface area contributed by atoms with E-state index in [-0.39, 0.29) is 6.04 Å². The minimum Gasteiger partial charge on any atom is -0.508 e. The number of phenolic OH excluding ortho intramolecular Hbond substituents is 1. The van der Waals surface area contributed by atoms with Gasteiger partial charge in [0.2, 0.25) is 0 Å². The first-order valence-corrected chi connectivity index (χ1v) is 6.07. The van der Waals surface area contributed by atoms with Crippen molar-refractivity contribution in [1.82, 2.24) is 14.9 Å². The van der Waals surface area contributed by atoms with Crippen molar-refractivity contribution >= 4 is 0 Å². The molecule has 4 nitrogen and oxygen atoms in total. The Kier molecular flexibility index (Phi) is 3.67. The first kappa shape index (κ1) is 12.6. The summed E-state index contributed by atoms with van der Waals surface area (Å²) in [6.07, 6.45) is 3.70. The Labute approximate surface area is 107 Å². The Hall–Kier alpha value is -1.81. The largest absolute Gasteiger partial charge is 0.508 e. The quantitative estimate of drug-likeness (QED) is 0.869. The number of benzene rings is 1. The molecule has 1 unspecified atom stereocenters. The molecule has 1 aromatic carbocycles. The number of aromatic hydroxyl groups is 1. The monoisotopic (exact) mass is 245 g/mol. The van der Waals surface area contributed by atoms with Crippen LogP contribution in [0.4, 0.5) is 0 Å². The van der Waals surface area contributed by atoms with Gasteiger partial charge in [-0.3, -0.25) is 0 Å². The van der Waals surface area contributed by atoms with Crippen LogP contribution >= 0.6 is 0 Å². The van der Waals surface area contributed by atoms with Crippen molar-refractivity contribution in [3.05, 3.63) is 47.5 Å². The molecular weight excluding hydrogens is 226 g/mol. The van der Waals surface area contributed by atoms with Crippen LogP contribution in [0.25, 0.3) is 0 Å². The summed E-state index contributed by atoms with van der Waals surface area (Å²) in [6.45, 7) is 4.68. The lowest BCUT2D eigenvalue weighted by molar-refractivity contribution is 0.450. The number of nitrogens with zero attached hydrogens (tertiary/aromatic N) is 2. The molecule has 0 radical (unpaired) electrons. The molecule has 0 amide bonds. The summed E-state index contributed by atoms with van der Waals surface area (Å²) in [6, 6.07) is 5.84. The van der Waals surface area contributed by atoms with Gasteiger partial charge in [0.15, 0.2) is 0 Å². The summed E-state index contributed by atoms with van der Waals surface area (Å²) >= 11 is 0. The molecule has 1 heterocycles. The van der Waals surface area contributed by atoms with Crippen LogP contribution in [0.5, 0.6) is 5.75 Å². The fraction of sp³-hybridized carbons (Fsp3) is 0.357. The lowest BCUT2D eigenvalue weighted by atomic mass is 10.1. The molecular formula is C14H19N3O. The van der Waals surface area contributed by atoms with Gasteiger partial charge in [-0.25, -0.2) is 4.98 Å². The van der Waals surface area contributed by atoms with Gasteiger partial charge in [-0.05, 0) is 25.5 Å². The second kappa shape index (κ2) is 5.23. The van der Waals surface area contributed by atoms with E-state index < -0.39 is 0 Å². The molecule has 0 bridgehead atoms. The predicted octanol–water partition coefficient (Wildman–Crippen LogP) is 2.28. The Morgan fingerprint density at radius 1 is 1.44 bits per heavy atom. The molecule has 0 aliphatic carbocycles. The highest BCUT2D eigenvalue weighted by Gasteiger charge is 2.10. The maximum Gasteiger partial charge on any atom is 0.122 e. The topological polar surface area (TPSA) is 50.1 Å². The van der Waals surface area contributed by atoms with E-state index in [0.717, 1.165) is 17.0 Å². The normalized spacial score (nSPS) is 12.6. The summed E-state index contributed by atoms with van der Waals surface area (Å²) in [7, 11) is 1.97. The zero-order valence-electron chi connectivity index (χ0n) is 11.0. The Morgan fingerprint density at radius 2 is 2.22 bits per heavy atom. The SMILES string of the molecule is Cc1ccc(C(C)NCc2nccn2C)c(O)c1. The van der Waals surface area contributed by atoms with Gasteiger partial charge >= 0.3 is 0 Å². The number of imidazole rings is 1. The lowest BCUT2D eigenvalue weighted by Gasteiger charge is -2.15. The van der Waals surface area contributed by atoms with Gasteiger partial charge in [-0.2, -0.15) is 0 Å². The number of aryl methyl sites for hydroxylation is 2. The van der Waals surface area contributed by atoms with E-state index >= 15 is 0 Å². The minimum atomic E-state index is 0.0855. The molecule has 1 atom stereocenters. The number of hydrogen-bond donors (Lipinski definition) is 2. The van der Waals surface area contributed by atoms with Crippen LogP contribution in [0.15, 0.2) is 30.6 Å². The molecule has 2 aromatic rings. The molecule has 4 heteroatoms. The highest BCUT2D eigenvalue weighted by Crippen LogP contribution is 2.24. The van der Waals surface area contributed by atoms with Crippen molar-refractivity contribution in [1.29, 1.82) is 0 Å². The van der Waals surface area contributed by atoms with Gasteiger partial charge < -0.3 is 15.0 Å². The molecule has 0 spiro atoms. The van der Waals surface area contributed by atoms with E-state index in [2.05, 4.69) is 10.3 Å². The Balaban J connectivity index is 2.03. The third kappa shape index (κ3) is 2.71. The molecule has 96 valence electrons. The van der Waals surface area contributed by atoms with Crippen molar-refractivity contribution < 1.29 is 5.11 Å². The van der Waals surface area contributed by atoms with Gasteiger partial charge in [0.05, 0.1) is 6.54 Å². The first-order chi connectivity index (χ1) is 8.58. The van der Waals surface area contributed by atoms with Gasteiger partial charge in [0, 0.05) is 31.0 Å². The van der Waals surface area contributed by atoms with E-state index in [1.54, 1.807) is 12.3 Å². The predicted molar refractivity (Wildman–Crippen MR) is 71.3 cm³/mol. The summed E-state index contributed by atoms with van der Waals surface area (Å²) in [5, 5.41) is 13.3. The van der Waals surface area contributed by atoms with Crippen molar-refractivity contribution in [2.75, 3.05) is 0 Å². The van der Waals surface area contributed by atoms with E-state index in [1.807, 2.05) is 43.8 Å². The standard InChI is InChI=1S/C14H19N3O/c1-10-4-5-12(13(18)8-10)11(2)16-9-14-15-6-7-17(14)3/h4-8,11,16,18H,9H2,1-3H3. The molecule has 18 heavy (non-hydrogen) atoms. The van der Waals surface area contributed by atoms with Crippen LogP contribution in [-0.4, -0.2) is 14.7 Å². The van der Waals surface area contributed by atoms with Crippen LogP contribution in [0, 0.1) is 6.92 Å². The van der Waals surface area contributed by atoms with Crippen LogP contribution in [-0.2, 0) is 13.6 Å². The van der Waals surface area contributed by atoms with Gasteiger partial charge in [0.25, 0.3) is 0 Å². The molecule has 0 saturated heterocycles. The Morgan fingerprint density at radius 3 is 2.83 bits per heavy atom. The van der Waals surface area contributed by atoms with Crippen LogP contribution in [0.3, 0.4) is 0 Å². The number of phenols is 1. The molecule has 0 saturated carbocycles. The van der Waals surface area contributed by atoms with Crippen LogP contribution in [0.1, 0.15) is 29.9 Å². The number of aromatic nitrogens is 2. The maximum atomic E-state index is 9.91. The second-order valence-electron chi connectivity index (χ2n) is 4.62. The van der Waals surface area contributed by atoms with Gasteiger partial charge in [-0.15, -0.1) is 0 Å². The highest BCUT2D eigenvalue weighted by molar-refractivity contribution is 5.37.